The van der Waals surface area contributed by atoms with Gasteiger partial charge in [0.1, 0.15) is 0 Å². The van der Waals surface area contributed by atoms with E-state index in [9.17, 15) is 4.79 Å². The van der Waals surface area contributed by atoms with Gasteiger partial charge in [-0.1, -0.05) is 0 Å². The van der Waals surface area contributed by atoms with E-state index >= 15 is 0 Å². The number of rotatable bonds is 0. The Labute approximate surface area is 119 Å². The molecule has 0 radical (unpaired) electrons. The van der Waals surface area contributed by atoms with Gasteiger partial charge in [-0.05, 0) is 68.7 Å². The number of nitrogens with zero attached hydrogens (tertiary/aromatic N) is 2. The minimum absolute atomic E-state index is 0.136. The average molecular weight is 413 g/mol. The normalized spacial score (nSPS) is 11.1. The van der Waals surface area contributed by atoms with Gasteiger partial charge in [-0.25, -0.2) is 4.98 Å². The number of halogens is 3. The summed E-state index contributed by atoms with van der Waals surface area (Å²) in [4.78, 5) is 16.3. The molecule has 0 atom stereocenters. The Hall–Kier alpha value is -0.140. The van der Waals surface area contributed by atoms with Crippen LogP contribution < -0.4 is 5.56 Å². The molecule has 6 heteroatoms. The molecule has 0 bridgehead atoms. The second kappa shape index (κ2) is 4.27. The van der Waals surface area contributed by atoms with Gasteiger partial charge in [0, 0.05) is 15.1 Å². The molecule has 0 fully saturated rings. The van der Waals surface area contributed by atoms with Gasteiger partial charge in [-0.15, -0.1) is 0 Å². The van der Waals surface area contributed by atoms with Gasteiger partial charge in [0.2, 0.25) is 5.28 Å². The number of benzene rings is 1. The standard InChI is InChI=1S/C10H7BrClIN2O/c1-4-3-5(13)8-6(7(4)11)9(16)15(2)10(12)14-8/h3H,1-2H3. The van der Waals surface area contributed by atoms with Crippen LogP contribution in [0.3, 0.4) is 0 Å². The van der Waals surface area contributed by atoms with Crippen LogP contribution in [0.4, 0.5) is 0 Å². The van der Waals surface area contributed by atoms with Crippen molar-refractivity contribution in [3.8, 4) is 0 Å². The molecule has 0 amide bonds. The predicted molar refractivity (Wildman–Crippen MR) is 77.1 cm³/mol. The van der Waals surface area contributed by atoms with Crippen LogP contribution >= 0.6 is 50.1 Å². The SMILES string of the molecule is Cc1cc(I)c2nc(Cl)n(C)c(=O)c2c1Br. The van der Waals surface area contributed by atoms with E-state index in [0.717, 1.165) is 13.6 Å². The molecule has 16 heavy (non-hydrogen) atoms. The summed E-state index contributed by atoms with van der Waals surface area (Å²) in [6, 6.07) is 1.97. The van der Waals surface area contributed by atoms with Crippen LogP contribution in [0.15, 0.2) is 15.3 Å². The predicted octanol–water partition coefficient (Wildman–Crippen LogP) is 3.26. The third-order valence-electron chi connectivity index (χ3n) is 2.37. The Morgan fingerprint density at radius 1 is 1.56 bits per heavy atom. The van der Waals surface area contributed by atoms with Crippen molar-refractivity contribution in [2.75, 3.05) is 0 Å². The van der Waals surface area contributed by atoms with Crippen LogP contribution in [0.2, 0.25) is 5.28 Å². The molecule has 0 N–H and O–H groups in total. The van der Waals surface area contributed by atoms with Gasteiger partial charge in [0.15, 0.2) is 0 Å². The molecule has 1 aromatic heterocycles. The van der Waals surface area contributed by atoms with Crippen molar-refractivity contribution in [3.63, 3.8) is 0 Å². The highest BCUT2D eigenvalue weighted by atomic mass is 127. The third-order valence-corrected chi connectivity index (χ3v) is 4.55. The molecule has 0 spiro atoms. The molecule has 0 saturated carbocycles. The number of hydrogen-bond acceptors (Lipinski definition) is 2. The van der Waals surface area contributed by atoms with Crippen molar-refractivity contribution in [1.82, 2.24) is 9.55 Å². The Kier molecular flexibility index (Phi) is 3.29. The van der Waals surface area contributed by atoms with Crippen LogP contribution in [0.1, 0.15) is 5.56 Å². The molecular formula is C10H7BrClIN2O. The van der Waals surface area contributed by atoms with Crippen molar-refractivity contribution >= 4 is 61.0 Å². The van der Waals surface area contributed by atoms with Gasteiger partial charge >= 0.3 is 0 Å². The zero-order chi connectivity index (χ0) is 12.0. The summed E-state index contributed by atoms with van der Waals surface area (Å²) < 4.78 is 3.05. The largest absolute Gasteiger partial charge is 0.286 e. The van der Waals surface area contributed by atoms with E-state index in [0.29, 0.717) is 10.9 Å². The molecule has 0 aliphatic carbocycles. The van der Waals surface area contributed by atoms with E-state index in [2.05, 4.69) is 43.5 Å². The van der Waals surface area contributed by atoms with E-state index in [-0.39, 0.29) is 10.8 Å². The molecule has 0 aliphatic rings. The molecule has 0 aliphatic heterocycles. The Bertz CT molecular complexity index is 654. The summed E-state index contributed by atoms with van der Waals surface area (Å²) in [5.74, 6) is 0. The van der Waals surface area contributed by atoms with Gasteiger partial charge in [0.25, 0.3) is 5.56 Å². The molecule has 1 aromatic carbocycles. The van der Waals surface area contributed by atoms with Crippen LogP contribution in [0, 0.1) is 10.5 Å². The molecular weight excluding hydrogens is 406 g/mol. The lowest BCUT2D eigenvalue weighted by molar-refractivity contribution is 0.843. The lowest BCUT2D eigenvalue weighted by Crippen LogP contribution is -2.19. The molecule has 84 valence electrons. The van der Waals surface area contributed by atoms with Crippen molar-refractivity contribution in [2.45, 2.75) is 6.92 Å². The molecule has 0 saturated heterocycles. The highest BCUT2D eigenvalue weighted by Crippen LogP contribution is 2.28. The third kappa shape index (κ3) is 1.78. The summed E-state index contributed by atoms with van der Waals surface area (Å²) in [7, 11) is 1.61. The number of aromatic nitrogens is 2. The fraction of sp³-hybridized carbons (Fsp3) is 0.200. The average Bonchev–Trinajstić information content (AvgIpc) is 2.22. The maximum absolute atomic E-state index is 12.1. The van der Waals surface area contributed by atoms with E-state index in [4.69, 9.17) is 11.6 Å². The summed E-state index contributed by atoms with van der Waals surface area (Å²) in [6.07, 6.45) is 0. The summed E-state index contributed by atoms with van der Waals surface area (Å²) >= 11 is 11.5. The first kappa shape index (κ1) is 12.3. The lowest BCUT2D eigenvalue weighted by atomic mass is 10.2. The van der Waals surface area contributed by atoms with Crippen LogP contribution in [-0.2, 0) is 7.05 Å². The first-order valence-electron chi connectivity index (χ1n) is 4.44. The molecule has 2 aromatic rings. The zero-order valence-electron chi connectivity index (χ0n) is 8.51. The second-order valence-electron chi connectivity index (χ2n) is 3.46. The topological polar surface area (TPSA) is 34.9 Å². The minimum Gasteiger partial charge on any atom is -0.286 e. The monoisotopic (exact) mass is 412 g/mol. The highest BCUT2D eigenvalue weighted by Gasteiger charge is 2.14. The van der Waals surface area contributed by atoms with Crippen LogP contribution in [0.5, 0.6) is 0 Å². The fourth-order valence-corrected chi connectivity index (χ4v) is 2.96. The van der Waals surface area contributed by atoms with E-state index in [1.54, 1.807) is 7.05 Å². The van der Waals surface area contributed by atoms with E-state index in [1.807, 2.05) is 13.0 Å². The van der Waals surface area contributed by atoms with E-state index in [1.165, 1.54) is 4.57 Å². The Morgan fingerprint density at radius 2 is 2.19 bits per heavy atom. The number of hydrogen-bond donors (Lipinski definition) is 0. The van der Waals surface area contributed by atoms with Gasteiger partial charge < -0.3 is 0 Å². The highest BCUT2D eigenvalue weighted by molar-refractivity contribution is 14.1. The first-order chi connectivity index (χ1) is 7.43. The van der Waals surface area contributed by atoms with Crippen LogP contribution in [-0.4, -0.2) is 9.55 Å². The minimum atomic E-state index is -0.136. The van der Waals surface area contributed by atoms with Crippen molar-refractivity contribution in [3.05, 3.63) is 35.3 Å². The fourth-order valence-electron chi connectivity index (χ4n) is 1.47. The molecule has 3 nitrogen and oxygen atoms in total. The molecule has 2 rings (SSSR count). The zero-order valence-corrected chi connectivity index (χ0v) is 13.0. The van der Waals surface area contributed by atoms with Gasteiger partial charge in [0.05, 0.1) is 10.9 Å². The van der Waals surface area contributed by atoms with E-state index < -0.39 is 0 Å². The van der Waals surface area contributed by atoms with Gasteiger partial charge in [-0.2, -0.15) is 0 Å². The summed E-state index contributed by atoms with van der Waals surface area (Å²) in [5, 5.41) is 0.780. The second-order valence-corrected chi connectivity index (χ2v) is 5.75. The van der Waals surface area contributed by atoms with Crippen molar-refractivity contribution in [1.29, 1.82) is 0 Å². The Balaban J connectivity index is 3.14. The molecule has 0 unspecified atom stereocenters. The number of fused-ring (bicyclic) bond motifs is 1. The van der Waals surface area contributed by atoms with Crippen molar-refractivity contribution in [2.24, 2.45) is 7.05 Å². The molecule has 1 heterocycles. The smallest absolute Gasteiger partial charge is 0.263 e. The lowest BCUT2D eigenvalue weighted by Gasteiger charge is -2.08. The first-order valence-corrected chi connectivity index (χ1v) is 6.69. The van der Waals surface area contributed by atoms with Crippen molar-refractivity contribution < 1.29 is 0 Å². The summed E-state index contributed by atoms with van der Waals surface area (Å²) in [6.45, 7) is 1.94. The van der Waals surface area contributed by atoms with Gasteiger partial charge in [-0.3, -0.25) is 9.36 Å². The maximum Gasteiger partial charge on any atom is 0.263 e. The maximum atomic E-state index is 12.1. The van der Waals surface area contributed by atoms with Crippen LogP contribution in [0.25, 0.3) is 10.9 Å². The number of aryl methyl sites for hydroxylation is 1. The Morgan fingerprint density at radius 3 is 2.81 bits per heavy atom. The summed E-state index contributed by atoms with van der Waals surface area (Å²) in [5.41, 5.74) is 1.52. The quantitative estimate of drug-likeness (QED) is 0.491.